The summed E-state index contributed by atoms with van der Waals surface area (Å²) in [4.78, 5) is 4.33. The fraction of sp³-hybridized carbons (Fsp3) is 0.308. The van der Waals surface area contributed by atoms with Gasteiger partial charge >= 0.3 is 0 Å². The number of halogens is 1. The number of benzene rings is 1. The lowest BCUT2D eigenvalue weighted by molar-refractivity contribution is 0.794. The van der Waals surface area contributed by atoms with Crippen LogP contribution in [0.2, 0.25) is 5.02 Å². The van der Waals surface area contributed by atoms with E-state index < -0.39 is 0 Å². The Morgan fingerprint density at radius 1 is 1.41 bits per heavy atom. The Hall–Kier alpha value is -1.32. The Balaban J connectivity index is 1.99. The molecule has 1 aliphatic rings. The number of anilines is 1. The first kappa shape index (κ1) is 10.8. The maximum atomic E-state index is 6.00. The maximum Gasteiger partial charge on any atom is 0.0723 e. The zero-order chi connectivity index (χ0) is 11.7. The van der Waals surface area contributed by atoms with Gasteiger partial charge in [-0.05, 0) is 31.2 Å². The highest BCUT2D eigenvalue weighted by Gasteiger charge is 2.14. The molecule has 1 aliphatic heterocycles. The van der Waals surface area contributed by atoms with Crippen molar-refractivity contribution in [3.8, 4) is 0 Å². The van der Waals surface area contributed by atoms with Crippen LogP contribution in [0.15, 0.2) is 30.5 Å². The van der Waals surface area contributed by atoms with E-state index in [1.807, 2.05) is 18.2 Å². The molecule has 2 N–H and O–H groups in total. The van der Waals surface area contributed by atoms with Crippen LogP contribution >= 0.6 is 11.6 Å². The molecule has 4 heteroatoms. The highest BCUT2D eigenvalue weighted by molar-refractivity contribution is 6.31. The van der Waals surface area contributed by atoms with Crippen molar-refractivity contribution >= 4 is 28.2 Å². The third-order valence-corrected chi connectivity index (χ3v) is 3.32. The van der Waals surface area contributed by atoms with Crippen LogP contribution in [0.3, 0.4) is 0 Å². The largest absolute Gasteiger partial charge is 0.380 e. The van der Waals surface area contributed by atoms with Gasteiger partial charge in [0.15, 0.2) is 0 Å². The minimum atomic E-state index is 0.500. The Bertz CT molecular complexity index is 535. The second kappa shape index (κ2) is 4.51. The summed E-state index contributed by atoms with van der Waals surface area (Å²) >= 11 is 6.00. The van der Waals surface area contributed by atoms with Crippen molar-refractivity contribution in [2.45, 2.75) is 12.5 Å². The molecule has 1 fully saturated rings. The summed E-state index contributed by atoms with van der Waals surface area (Å²) in [6.45, 7) is 2.10. The first-order chi connectivity index (χ1) is 8.33. The van der Waals surface area contributed by atoms with E-state index in [-0.39, 0.29) is 0 Å². The molecule has 3 nitrogen and oxygen atoms in total. The molecule has 3 rings (SSSR count). The topological polar surface area (TPSA) is 37.0 Å². The van der Waals surface area contributed by atoms with Gasteiger partial charge < -0.3 is 10.6 Å². The molecule has 0 radical (unpaired) electrons. The van der Waals surface area contributed by atoms with Gasteiger partial charge in [0.05, 0.1) is 10.5 Å². The zero-order valence-electron chi connectivity index (χ0n) is 9.41. The fourth-order valence-corrected chi connectivity index (χ4v) is 2.41. The van der Waals surface area contributed by atoms with Crippen molar-refractivity contribution in [3.05, 3.63) is 35.5 Å². The third kappa shape index (κ3) is 2.21. The zero-order valence-corrected chi connectivity index (χ0v) is 10.2. The van der Waals surface area contributed by atoms with Crippen LogP contribution in [0.4, 0.5) is 5.69 Å². The molecular formula is C13H14ClN3. The first-order valence-corrected chi connectivity index (χ1v) is 6.22. The van der Waals surface area contributed by atoms with Crippen LogP contribution in [0.25, 0.3) is 10.9 Å². The number of pyridine rings is 1. The van der Waals surface area contributed by atoms with E-state index >= 15 is 0 Å². The minimum absolute atomic E-state index is 0.500. The van der Waals surface area contributed by atoms with Crippen molar-refractivity contribution in [1.82, 2.24) is 10.3 Å². The lowest BCUT2D eigenvalue weighted by Gasteiger charge is -2.14. The molecule has 0 spiro atoms. The van der Waals surface area contributed by atoms with Crippen LogP contribution < -0.4 is 10.6 Å². The molecule has 1 aromatic carbocycles. The Morgan fingerprint density at radius 2 is 2.35 bits per heavy atom. The number of nitrogens with one attached hydrogen (secondary N) is 2. The monoisotopic (exact) mass is 247 g/mol. The van der Waals surface area contributed by atoms with E-state index in [0.717, 1.165) is 36.1 Å². The van der Waals surface area contributed by atoms with E-state index in [2.05, 4.69) is 21.7 Å². The number of nitrogens with zero attached hydrogens (tertiary/aromatic N) is 1. The lowest BCUT2D eigenvalue weighted by Crippen LogP contribution is -2.22. The number of hydrogen-bond donors (Lipinski definition) is 2. The maximum absolute atomic E-state index is 6.00. The van der Waals surface area contributed by atoms with Crippen molar-refractivity contribution < 1.29 is 0 Å². The van der Waals surface area contributed by atoms with Gasteiger partial charge in [-0.15, -0.1) is 0 Å². The summed E-state index contributed by atoms with van der Waals surface area (Å²) in [5, 5.41) is 8.66. The summed E-state index contributed by atoms with van der Waals surface area (Å²) < 4.78 is 0. The minimum Gasteiger partial charge on any atom is -0.380 e. The predicted octanol–water partition coefficient (Wildman–Crippen LogP) is 2.66. The molecule has 1 saturated heterocycles. The van der Waals surface area contributed by atoms with Crippen LogP contribution in [0, 0.1) is 0 Å². The van der Waals surface area contributed by atoms with Gasteiger partial charge in [0, 0.05) is 29.9 Å². The van der Waals surface area contributed by atoms with Gasteiger partial charge in [0.1, 0.15) is 0 Å². The van der Waals surface area contributed by atoms with Crippen molar-refractivity contribution in [2.24, 2.45) is 0 Å². The van der Waals surface area contributed by atoms with Crippen molar-refractivity contribution in [1.29, 1.82) is 0 Å². The highest BCUT2D eigenvalue weighted by Crippen LogP contribution is 2.25. The van der Waals surface area contributed by atoms with E-state index in [0.29, 0.717) is 11.1 Å². The van der Waals surface area contributed by atoms with Gasteiger partial charge in [0.25, 0.3) is 0 Å². The molecular weight excluding hydrogens is 234 g/mol. The summed E-state index contributed by atoms with van der Waals surface area (Å²) in [6, 6.07) is 8.57. The summed E-state index contributed by atoms with van der Waals surface area (Å²) in [6.07, 6.45) is 2.84. The average Bonchev–Trinajstić information content (AvgIpc) is 2.83. The average molecular weight is 248 g/mol. The molecule has 1 aromatic heterocycles. The molecule has 0 unspecified atom stereocenters. The lowest BCUT2D eigenvalue weighted by atomic mass is 10.1. The van der Waals surface area contributed by atoms with E-state index in [1.54, 1.807) is 6.20 Å². The Labute approximate surface area is 105 Å². The molecule has 0 saturated carbocycles. The van der Waals surface area contributed by atoms with Gasteiger partial charge in [-0.3, -0.25) is 4.98 Å². The van der Waals surface area contributed by atoms with Crippen LogP contribution in [-0.2, 0) is 0 Å². The van der Waals surface area contributed by atoms with Crippen LogP contribution in [0.1, 0.15) is 6.42 Å². The van der Waals surface area contributed by atoms with Gasteiger partial charge in [-0.2, -0.15) is 0 Å². The summed E-state index contributed by atoms with van der Waals surface area (Å²) in [5.41, 5.74) is 2.09. The molecule has 1 atom stereocenters. The number of fused-ring (bicyclic) bond motifs is 1. The molecule has 0 bridgehead atoms. The van der Waals surface area contributed by atoms with Gasteiger partial charge in [0.2, 0.25) is 0 Å². The molecule has 88 valence electrons. The molecule has 0 amide bonds. The third-order valence-electron chi connectivity index (χ3n) is 3.11. The second-order valence-corrected chi connectivity index (χ2v) is 4.80. The predicted molar refractivity (Wildman–Crippen MR) is 71.7 cm³/mol. The normalized spacial score (nSPS) is 19.7. The SMILES string of the molecule is Clc1cnc2cccc(N[C@H]3CCNC3)c2c1. The first-order valence-electron chi connectivity index (χ1n) is 5.84. The molecule has 2 heterocycles. The summed E-state index contributed by atoms with van der Waals surface area (Å²) in [5.74, 6) is 0. The van der Waals surface area contributed by atoms with Crippen molar-refractivity contribution in [2.75, 3.05) is 18.4 Å². The van der Waals surface area contributed by atoms with E-state index in [9.17, 15) is 0 Å². The molecule has 0 aliphatic carbocycles. The van der Waals surface area contributed by atoms with Crippen LogP contribution in [-0.4, -0.2) is 24.1 Å². The molecule has 2 aromatic rings. The quantitative estimate of drug-likeness (QED) is 0.857. The Kier molecular flexibility index (Phi) is 2.87. The number of hydrogen-bond acceptors (Lipinski definition) is 3. The van der Waals surface area contributed by atoms with Crippen molar-refractivity contribution in [3.63, 3.8) is 0 Å². The van der Waals surface area contributed by atoms with Gasteiger partial charge in [-0.1, -0.05) is 17.7 Å². The Morgan fingerprint density at radius 3 is 3.18 bits per heavy atom. The number of aromatic nitrogens is 1. The smallest absolute Gasteiger partial charge is 0.0723 e. The highest BCUT2D eigenvalue weighted by atomic mass is 35.5. The van der Waals surface area contributed by atoms with Gasteiger partial charge in [-0.25, -0.2) is 0 Å². The van der Waals surface area contributed by atoms with E-state index in [1.165, 1.54) is 0 Å². The molecule has 17 heavy (non-hydrogen) atoms. The van der Waals surface area contributed by atoms with E-state index in [4.69, 9.17) is 11.6 Å². The standard InChI is InChI=1S/C13H14ClN3/c14-9-6-11-12(16-7-9)2-1-3-13(11)17-10-4-5-15-8-10/h1-3,6-7,10,15,17H,4-5,8H2/t10-/m0/s1. The fourth-order valence-electron chi connectivity index (χ4n) is 2.25. The van der Waals surface area contributed by atoms with Crippen LogP contribution in [0.5, 0.6) is 0 Å². The number of rotatable bonds is 2. The summed E-state index contributed by atoms with van der Waals surface area (Å²) in [7, 11) is 0. The second-order valence-electron chi connectivity index (χ2n) is 4.36.